The minimum absolute atomic E-state index is 0.164. The van der Waals surface area contributed by atoms with Gasteiger partial charge in [0.25, 0.3) is 0 Å². The average Bonchev–Trinajstić information content (AvgIpc) is 3.05. The lowest BCUT2D eigenvalue weighted by atomic mass is 9.98. The predicted octanol–water partition coefficient (Wildman–Crippen LogP) is 1.22. The molecule has 1 aromatic carbocycles. The van der Waals surface area contributed by atoms with Gasteiger partial charge in [-0.2, -0.15) is 0 Å². The van der Waals surface area contributed by atoms with Crippen LogP contribution >= 0.6 is 0 Å². The average molecular weight is 366 g/mol. The Morgan fingerprint density at radius 1 is 1.28 bits per heavy atom. The normalized spacial score (nSPS) is 18.6. The fourth-order valence-electron chi connectivity index (χ4n) is 2.94. The first kappa shape index (κ1) is 17.8. The Bertz CT molecular complexity index is 767. The van der Waals surface area contributed by atoms with Crippen LogP contribution in [0.25, 0.3) is 6.08 Å². The lowest BCUT2D eigenvalue weighted by Gasteiger charge is -2.30. The summed E-state index contributed by atoms with van der Waals surface area (Å²) >= 11 is 0. The van der Waals surface area contributed by atoms with Gasteiger partial charge in [-0.25, -0.2) is 12.7 Å². The molecule has 0 radical (unpaired) electrons. The molecule has 8 heteroatoms. The largest absolute Gasteiger partial charge is 0.454 e. The quantitative estimate of drug-likeness (QED) is 0.792. The third-order valence-corrected chi connectivity index (χ3v) is 5.73. The number of rotatable bonds is 5. The van der Waals surface area contributed by atoms with Crippen LogP contribution in [-0.2, 0) is 14.8 Å². The predicted molar refractivity (Wildman–Crippen MR) is 93.7 cm³/mol. The fourth-order valence-corrected chi connectivity index (χ4v) is 3.81. The smallest absolute Gasteiger partial charge is 0.244 e. The van der Waals surface area contributed by atoms with Crippen LogP contribution in [0.5, 0.6) is 11.5 Å². The number of nitrogens with one attached hydrogen (secondary N) is 1. The van der Waals surface area contributed by atoms with Crippen molar-refractivity contribution in [3.8, 4) is 11.5 Å². The van der Waals surface area contributed by atoms with E-state index in [1.807, 2.05) is 18.2 Å². The molecule has 2 heterocycles. The van der Waals surface area contributed by atoms with E-state index in [0.29, 0.717) is 37.1 Å². The number of carbonyl (C=O) groups is 1. The van der Waals surface area contributed by atoms with Crippen molar-refractivity contribution in [3.05, 3.63) is 29.8 Å². The first-order valence-electron chi connectivity index (χ1n) is 8.22. The van der Waals surface area contributed by atoms with Crippen LogP contribution in [0, 0.1) is 5.92 Å². The van der Waals surface area contributed by atoms with Gasteiger partial charge in [-0.05, 0) is 42.5 Å². The Kier molecular flexibility index (Phi) is 5.29. The molecule has 7 nitrogen and oxygen atoms in total. The van der Waals surface area contributed by atoms with Crippen molar-refractivity contribution in [1.82, 2.24) is 9.62 Å². The van der Waals surface area contributed by atoms with Crippen molar-refractivity contribution in [2.75, 3.05) is 32.7 Å². The van der Waals surface area contributed by atoms with E-state index in [4.69, 9.17) is 9.47 Å². The number of piperidine rings is 1. The zero-order valence-corrected chi connectivity index (χ0v) is 14.9. The number of hydrogen-bond acceptors (Lipinski definition) is 5. The van der Waals surface area contributed by atoms with E-state index in [9.17, 15) is 13.2 Å². The van der Waals surface area contributed by atoms with E-state index < -0.39 is 10.0 Å². The molecule has 0 spiro atoms. The molecule has 0 aliphatic carbocycles. The molecule has 1 fully saturated rings. The van der Waals surface area contributed by atoms with E-state index in [1.54, 1.807) is 6.08 Å². The summed E-state index contributed by atoms with van der Waals surface area (Å²) in [7, 11) is -3.11. The molecular formula is C17H22N2O5S. The third kappa shape index (κ3) is 4.73. The lowest BCUT2D eigenvalue weighted by Crippen LogP contribution is -2.40. The van der Waals surface area contributed by atoms with Crippen molar-refractivity contribution in [2.24, 2.45) is 5.92 Å². The van der Waals surface area contributed by atoms with Crippen molar-refractivity contribution in [1.29, 1.82) is 0 Å². The molecule has 25 heavy (non-hydrogen) atoms. The Labute approximate surface area is 147 Å². The highest BCUT2D eigenvalue weighted by Gasteiger charge is 2.24. The van der Waals surface area contributed by atoms with Crippen LogP contribution in [0.3, 0.4) is 0 Å². The fraction of sp³-hybridized carbons (Fsp3) is 0.471. The van der Waals surface area contributed by atoms with Gasteiger partial charge in [0, 0.05) is 25.7 Å². The molecule has 2 aliphatic heterocycles. The van der Waals surface area contributed by atoms with Gasteiger partial charge in [0.05, 0.1) is 6.26 Å². The van der Waals surface area contributed by atoms with Crippen LogP contribution in [0.2, 0.25) is 0 Å². The van der Waals surface area contributed by atoms with Gasteiger partial charge in [-0.15, -0.1) is 0 Å². The second kappa shape index (κ2) is 7.45. The molecule has 1 N–H and O–H groups in total. The molecule has 2 aliphatic rings. The molecular weight excluding hydrogens is 344 g/mol. The van der Waals surface area contributed by atoms with E-state index >= 15 is 0 Å². The summed E-state index contributed by atoms with van der Waals surface area (Å²) < 4.78 is 35.0. The summed E-state index contributed by atoms with van der Waals surface area (Å²) in [5.74, 6) is 1.53. The van der Waals surface area contributed by atoms with Gasteiger partial charge in [-0.3, -0.25) is 4.79 Å². The second-order valence-electron chi connectivity index (χ2n) is 6.30. The second-order valence-corrected chi connectivity index (χ2v) is 8.28. The summed E-state index contributed by atoms with van der Waals surface area (Å²) in [5, 5.41) is 2.88. The van der Waals surface area contributed by atoms with Gasteiger partial charge < -0.3 is 14.8 Å². The number of hydrogen-bond donors (Lipinski definition) is 1. The molecule has 136 valence electrons. The maximum absolute atomic E-state index is 12.0. The number of amides is 1. The van der Waals surface area contributed by atoms with E-state index in [0.717, 1.165) is 18.4 Å². The van der Waals surface area contributed by atoms with Crippen molar-refractivity contribution >= 4 is 22.0 Å². The van der Waals surface area contributed by atoms with Gasteiger partial charge in [0.1, 0.15) is 0 Å². The molecule has 0 unspecified atom stereocenters. The molecule has 3 rings (SSSR count). The number of nitrogens with zero attached hydrogens (tertiary/aromatic N) is 1. The highest BCUT2D eigenvalue weighted by molar-refractivity contribution is 7.88. The first-order chi connectivity index (χ1) is 11.9. The number of sulfonamides is 1. The lowest BCUT2D eigenvalue weighted by molar-refractivity contribution is -0.116. The molecule has 0 aromatic heterocycles. The number of ether oxygens (including phenoxy) is 2. The van der Waals surface area contributed by atoms with E-state index in [1.165, 1.54) is 16.6 Å². The Balaban J connectivity index is 1.44. The highest BCUT2D eigenvalue weighted by atomic mass is 32.2. The summed E-state index contributed by atoms with van der Waals surface area (Å²) in [5.41, 5.74) is 0.862. The summed E-state index contributed by atoms with van der Waals surface area (Å²) in [6.45, 7) is 1.82. The van der Waals surface area contributed by atoms with Gasteiger partial charge >= 0.3 is 0 Å². The Hall–Kier alpha value is -2.06. The zero-order valence-electron chi connectivity index (χ0n) is 14.1. The number of benzene rings is 1. The topological polar surface area (TPSA) is 84.9 Å². The van der Waals surface area contributed by atoms with Crippen molar-refractivity contribution < 1.29 is 22.7 Å². The molecule has 1 saturated heterocycles. The number of fused-ring (bicyclic) bond motifs is 1. The summed E-state index contributed by atoms with van der Waals surface area (Å²) in [6.07, 6.45) is 5.97. The van der Waals surface area contributed by atoms with Gasteiger partial charge in [0.15, 0.2) is 11.5 Å². The Morgan fingerprint density at radius 3 is 2.72 bits per heavy atom. The van der Waals surface area contributed by atoms with Crippen LogP contribution in [0.1, 0.15) is 18.4 Å². The maximum Gasteiger partial charge on any atom is 0.244 e. The van der Waals surface area contributed by atoms with Crippen molar-refractivity contribution in [2.45, 2.75) is 12.8 Å². The zero-order chi connectivity index (χ0) is 17.9. The third-order valence-electron chi connectivity index (χ3n) is 4.43. The summed E-state index contributed by atoms with van der Waals surface area (Å²) in [4.78, 5) is 12.0. The molecule has 0 saturated carbocycles. The van der Waals surface area contributed by atoms with Crippen LogP contribution < -0.4 is 14.8 Å². The van der Waals surface area contributed by atoms with Crippen LogP contribution in [0.4, 0.5) is 0 Å². The van der Waals surface area contributed by atoms with E-state index in [2.05, 4.69) is 5.32 Å². The molecule has 1 aromatic rings. The SMILES string of the molecule is CS(=O)(=O)N1CCC(CNC(=O)/C=C/c2ccc3c(c2)OCO3)CC1. The van der Waals surface area contributed by atoms with Gasteiger partial charge in [-0.1, -0.05) is 6.07 Å². The van der Waals surface area contributed by atoms with Gasteiger partial charge in [0.2, 0.25) is 22.7 Å². The summed E-state index contributed by atoms with van der Waals surface area (Å²) in [6, 6.07) is 5.50. The van der Waals surface area contributed by atoms with Crippen LogP contribution in [-0.4, -0.2) is 51.3 Å². The first-order valence-corrected chi connectivity index (χ1v) is 10.1. The molecule has 0 atom stereocenters. The Morgan fingerprint density at radius 2 is 2.00 bits per heavy atom. The maximum atomic E-state index is 12.0. The minimum atomic E-state index is -3.11. The number of carbonyl (C=O) groups excluding carboxylic acids is 1. The van der Waals surface area contributed by atoms with Crippen LogP contribution in [0.15, 0.2) is 24.3 Å². The molecule has 1 amide bonds. The standard InChI is InChI=1S/C17H22N2O5S/c1-25(21,22)19-8-6-14(7-9-19)11-18-17(20)5-3-13-2-4-15-16(10-13)24-12-23-15/h2-5,10,14H,6-9,11-12H2,1H3,(H,18,20)/b5-3+. The highest BCUT2D eigenvalue weighted by Crippen LogP contribution is 2.32. The monoisotopic (exact) mass is 366 g/mol. The van der Waals surface area contributed by atoms with Crippen molar-refractivity contribution in [3.63, 3.8) is 0 Å². The molecule has 0 bridgehead atoms. The van der Waals surface area contributed by atoms with E-state index in [-0.39, 0.29) is 12.7 Å². The minimum Gasteiger partial charge on any atom is -0.454 e.